The summed E-state index contributed by atoms with van der Waals surface area (Å²) in [6, 6.07) is 10.7. The second-order valence-corrected chi connectivity index (χ2v) is 6.20. The maximum atomic E-state index is 12.4. The van der Waals surface area contributed by atoms with Gasteiger partial charge in [-0.05, 0) is 31.7 Å². The summed E-state index contributed by atoms with van der Waals surface area (Å²) >= 11 is 0. The van der Waals surface area contributed by atoms with Gasteiger partial charge in [0.15, 0.2) is 0 Å². The molecule has 3 nitrogen and oxygen atoms in total. The Hall–Kier alpha value is -1.35. The summed E-state index contributed by atoms with van der Waals surface area (Å²) in [5, 5.41) is 3.19. The molecule has 1 amide bonds. The van der Waals surface area contributed by atoms with Gasteiger partial charge < -0.3 is 11.1 Å². The second-order valence-electron chi connectivity index (χ2n) is 6.20. The molecule has 1 saturated carbocycles. The zero-order valence-corrected chi connectivity index (χ0v) is 12.6. The van der Waals surface area contributed by atoms with Gasteiger partial charge in [-0.15, -0.1) is 0 Å². The van der Waals surface area contributed by atoms with E-state index in [1.807, 2.05) is 13.0 Å². The van der Waals surface area contributed by atoms with Crippen LogP contribution in [0.5, 0.6) is 0 Å². The summed E-state index contributed by atoms with van der Waals surface area (Å²) in [6.45, 7) is 3.89. The first-order chi connectivity index (χ1) is 9.54. The smallest absolute Gasteiger partial charge is 0.240 e. The van der Waals surface area contributed by atoms with Gasteiger partial charge in [-0.1, -0.05) is 50.1 Å². The number of hydrogen-bond acceptors (Lipinski definition) is 2. The lowest BCUT2D eigenvalue weighted by Gasteiger charge is -2.28. The van der Waals surface area contributed by atoms with E-state index in [1.165, 1.54) is 12.0 Å². The van der Waals surface area contributed by atoms with Crippen molar-refractivity contribution in [1.29, 1.82) is 0 Å². The van der Waals surface area contributed by atoms with Crippen molar-refractivity contribution in [2.75, 3.05) is 0 Å². The van der Waals surface area contributed by atoms with E-state index in [4.69, 9.17) is 5.73 Å². The molecule has 1 aliphatic rings. The molecule has 3 unspecified atom stereocenters. The molecule has 0 heterocycles. The maximum Gasteiger partial charge on any atom is 0.240 e. The van der Waals surface area contributed by atoms with Crippen molar-refractivity contribution in [3.8, 4) is 0 Å². The molecular formula is C17H26N2O. The predicted octanol–water partition coefficient (Wildman–Crippen LogP) is 2.96. The molecule has 3 atom stereocenters. The lowest BCUT2D eigenvalue weighted by Crippen LogP contribution is -2.54. The topological polar surface area (TPSA) is 55.1 Å². The molecule has 0 spiro atoms. The minimum absolute atomic E-state index is 0.00724. The van der Waals surface area contributed by atoms with E-state index in [1.54, 1.807) is 0 Å². The summed E-state index contributed by atoms with van der Waals surface area (Å²) < 4.78 is 0. The van der Waals surface area contributed by atoms with Crippen LogP contribution in [0.25, 0.3) is 0 Å². The number of nitrogens with two attached hydrogens (primary N) is 1. The van der Waals surface area contributed by atoms with E-state index in [-0.39, 0.29) is 11.9 Å². The monoisotopic (exact) mass is 274 g/mol. The van der Waals surface area contributed by atoms with Gasteiger partial charge in [-0.25, -0.2) is 0 Å². The van der Waals surface area contributed by atoms with E-state index in [9.17, 15) is 4.79 Å². The van der Waals surface area contributed by atoms with Crippen LogP contribution in [0.1, 0.15) is 57.4 Å². The zero-order valence-electron chi connectivity index (χ0n) is 12.6. The Labute approximate surface area is 121 Å². The molecule has 110 valence electrons. The van der Waals surface area contributed by atoms with Gasteiger partial charge in [0.1, 0.15) is 0 Å². The van der Waals surface area contributed by atoms with Crippen molar-refractivity contribution >= 4 is 5.91 Å². The molecule has 1 aliphatic carbocycles. The Morgan fingerprint density at radius 3 is 2.70 bits per heavy atom. The van der Waals surface area contributed by atoms with Crippen LogP contribution in [0.3, 0.4) is 0 Å². The van der Waals surface area contributed by atoms with E-state index < -0.39 is 5.54 Å². The van der Waals surface area contributed by atoms with E-state index in [0.717, 1.165) is 25.7 Å². The molecule has 1 fully saturated rings. The molecule has 1 aromatic carbocycles. The highest BCUT2D eigenvalue weighted by Crippen LogP contribution is 2.34. The van der Waals surface area contributed by atoms with Crippen LogP contribution in [0.15, 0.2) is 30.3 Å². The molecule has 3 heteroatoms. The van der Waals surface area contributed by atoms with Crippen LogP contribution in [0, 0.1) is 0 Å². The molecule has 0 saturated heterocycles. The van der Waals surface area contributed by atoms with Crippen molar-refractivity contribution in [3.05, 3.63) is 35.9 Å². The van der Waals surface area contributed by atoms with Crippen LogP contribution in [-0.2, 0) is 4.79 Å². The fraction of sp³-hybridized carbons (Fsp3) is 0.588. The van der Waals surface area contributed by atoms with Crippen molar-refractivity contribution in [2.45, 2.75) is 63.5 Å². The molecule has 0 bridgehead atoms. The van der Waals surface area contributed by atoms with Crippen molar-refractivity contribution in [3.63, 3.8) is 0 Å². The summed E-state index contributed by atoms with van der Waals surface area (Å²) in [5.41, 5.74) is 6.69. The highest BCUT2D eigenvalue weighted by Gasteiger charge is 2.34. The number of rotatable bonds is 5. The third-order valence-electron chi connectivity index (χ3n) is 4.35. The lowest BCUT2D eigenvalue weighted by atomic mass is 9.92. The minimum Gasteiger partial charge on any atom is -0.351 e. The summed E-state index contributed by atoms with van der Waals surface area (Å²) in [5.74, 6) is 0.421. The fourth-order valence-corrected chi connectivity index (χ4v) is 3.20. The summed E-state index contributed by atoms with van der Waals surface area (Å²) in [4.78, 5) is 12.4. The first-order valence-electron chi connectivity index (χ1n) is 7.69. The quantitative estimate of drug-likeness (QED) is 0.867. The van der Waals surface area contributed by atoms with Gasteiger partial charge in [0.25, 0.3) is 0 Å². The molecule has 2 rings (SSSR count). The van der Waals surface area contributed by atoms with Crippen molar-refractivity contribution in [1.82, 2.24) is 5.32 Å². The maximum absolute atomic E-state index is 12.4. The van der Waals surface area contributed by atoms with E-state index >= 15 is 0 Å². The SMILES string of the molecule is CCCC(C)(N)C(=O)NC1CCCC1c1ccccc1. The molecule has 20 heavy (non-hydrogen) atoms. The average Bonchev–Trinajstić information content (AvgIpc) is 2.88. The standard InChI is InChI=1S/C17H26N2O/c1-3-12-17(2,18)16(20)19-15-11-7-10-14(15)13-8-5-4-6-9-13/h4-6,8-9,14-15H,3,7,10-12,18H2,1-2H3,(H,19,20). The third-order valence-corrected chi connectivity index (χ3v) is 4.35. The zero-order chi connectivity index (χ0) is 14.6. The first-order valence-corrected chi connectivity index (χ1v) is 7.69. The molecule has 1 aromatic rings. The van der Waals surface area contributed by atoms with Crippen LogP contribution < -0.4 is 11.1 Å². The Balaban J connectivity index is 2.03. The number of carbonyl (C=O) groups excluding carboxylic acids is 1. The van der Waals surface area contributed by atoms with Crippen LogP contribution in [0.2, 0.25) is 0 Å². The van der Waals surface area contributed by atoms with Crippen molar-refractivity contribution in [2.24, 2.45) is 5.73 Å². The normalized spacial score (nSPS) is 25.1. The lowest BCUT2D eigenvalue weighted by molar-refractivity contribution is -0.126. The first kappa shape index (κ1) is 15.0. The Kier molecular flexibility index (Phi) is 4.81. The van der Waals surface area contributed by atoms with Crippen LogP contribution >= 0.6 is 0 Å². The molecule has 3 N–H and O–H groups in total. The van der Waals surface area contributed by atoms with Crippen molar-refractivity contribution < 1.29 is 4.79 Å². The van der Waals surface area contributed by atoms with Gasteiger partial charge in [0.2, 0.25) is 5.91 Å². The van der Waals surface area contributed by atoms with Gasteiger partial charge in [-0.2, -0.15) is 0 Å². The highest BCUT2D eigenvalue weighted by molar-refractivity contribution is 5.85. The van der Waals surface area contributed by atoms with Gasteiger partial charge in [-0.3, -0.25) is 4.79 Å². The number of nitrogens with one attached hydrogen (secondary N) is 1. The molecular weight excluding hydrogens is 248 g/mol. The van der Waals surface area contributed by atoms with E-state index in [2.05, 4.69) is 36.5 Å². The average molecular weight is 274 g/mol. The summed E-state index contributed by atoms with van der Waals surface area (Å²) in [7, 11) is 0. The minimum atomic E-state index is -0.751. The second kappa shape index (κ2) is 6.40. The van der Waals surface area contributed by atoms with Crippen LogP contribution in [0.4, 0.5) is 0 Å². The van der Waals surface area contributed by atoms with Crippen LogP contribution in [-0.4, -0.2) is 17.5 Å². The number of carbonyl (C=O) groups is 1. The largest absolute Gasteiger partial charge is 0.351 e. The van der Waals surface area contributed by atoms with Gasteiger partial charge in [0, 0.05) is 12.0 Å². The van der Waals surface area contributed by atoms with Gasteiger partial charge >= 0.3 is 0 Å². The third kappa shape index (κ3) is 3.40. The Morgan fingerprint density at radius 1 is 1.35 bits per heavy atom. The highest BCUT2D eigenvalue weighted by atomic mass is 16.2. The number of amides is 1. The number of hydrogen-bond donors (Lipinski definition) is 2. The molecule has 0 radical (unpaired) electrons. The fourth-order valence-electron chi connectivity index (χ4n) is 3.20. The molecule has 0 aliphatic heterocycles. The summed E-state index contributed by atoms with van der Waals surface area (Å²) in [6.07, 6.45) is 5.01. The Bertz CT molecular complexity index is 442. The number of benzene rings is 1. The van der Waals surface area contributed by atoms with Gasteiger partial charge in [0.05, 0.1) is 5.54 Å². The van der Waals surface area contributed by atoms with E-state index in [0.29, 0.717) is 5.92 Å². The Morgan fingerprint density at radius 2 is 2.05 bits per heavy atom. The predicted molar refractivity (Wildman–Crippen MR) is 82.5 cm³/mol. The molecule has 0 aromatic heterocycles.